The first kappa shape index (κ1) is 20.4. The van der Waals surface area contributed by atoms with Gasteiger partial charge in [0.15, 0.2) is 5.78 Å². The fraction of sp³-hybridized carbons (Fsp3) is 0.824. The number of ketones is 1. The Bertz CT molecular complexity index is 422. The van der Waals surface area contributed by atoms with Crippen LogP contribution in [0.3, 0.4) is 0 Å². The van der Waals surface area contributed by atoms with Gasteiger partial charge in [-0.2, -0.15) is 0 Å². The van der Waals surface area contributed by atoms with E-state index in [9.17, 15) is 19.5 Å². The summed E-state index contributed by atoms with van der Waals surface area (Å²) >= 11 is 0. The molecule has 7 nitrogen and oxygen atoms in total. The van der Waals surface area contributed by atoms with E-state index in [0.717, 1.165) is 12.8 Å². The molecule has 7 heteroatoms. The third-order valence-corrected chi connectivity index (χ3v) is 4.64. The fourth-order valence-electron chi connectivity index (χ4n) is 3.19. The van der Waals surface area contributed by atoms with Crippen LogP contribution in [0.4, 0.5) is 4.79 Å². The lowest BCUT2D eigenvalue weighted by molar-refractivity contribution is -0.139. The summed E-state index contributed by atoms with van der Waals surface area (Å²) in [5, 5.41) is 14.3. The molecule has 138 valence electrons. The van der Waals surface area contributed by atoms with Crippen molar-refractivity contribution in [2.45, 2.75) is 76.8 Å². The predicted octanol–water partition coefficient (Wildman–Crippen LogP) is 1.80. The van der Waals surface area contributed by atoms with Gasteiger partial charge in [-0.1, -0.05) is 32.1 Å². The van der Waals surface area contributed by atoms with Crippen molar-refractivity contribution in [3.8, 4) is 0 Å². The Morgan fingerprint density at radius 1 is 1.08 bits per heavy atom. The highest BCUT2D eigenvalue weighted by atomic mass is 16.4. The van der Waals surface area contributed by atoms with E-state index in [4.69, 9.17) is 5.73 Å². The van der Waals surface area contributed by atoms with Crippen molar-refractivity contribution in [3.05, 3.63) is 0 Å². The minimum absolute atomic E-state index is 0.0919. The second-order valence-corrected chi connectivity index (χ2v) is 6.70. The molecule has 0 heterocycles. The monoisotopic (exact) mass is 341 g/mol. The molecule has 0 spiro atoms. The minimum Gasteiger partial charge on any atom is -0.480 e. The van der Waals surface area contributed by atoms with Gasteiger partial charge < -0.3 is 21.5 Å². The minimum atomic E-state index is -1.08. The maximum absolute atomic E-state index is 12.1. The summed E-state index contributed by atoms with van der Waals surface area (Å²) in [5.41, 5.74) is 5.40. The summed E-state index contributed by atoms with van der Waals surface area (Å²) < 4.78 is 0. The normalized spacial score (nSPS) is 17.8. The molecule has 0 aromatic rings. The molecule has 0 aliphatic heterocycles. The lowest BCUT2D eigenvalue weighted by atomic mass is 9.84. The highest BCUT2D eigenvalue weighted by Crippen LogP contribution is 2.27. The number of carboxylic acid groups (broad SMARTS) is 1. The Morgan fingerprint density at radius 3 is 2.25 bits per heavy atom. The first-order valence-electron chi connectivity index (χ1n) is 8.94. The van der Waals surface area contributed by atoms with Gasteiger partial charge >= 0.3 is 12.0 Å². The summed E-state index contributed by atoms with van der Waals surface area (Å²) in [6.07, 6.45) is 8.05. The standard InChI is InChI=1S/C17H31N3O4/c1-12(21)15(11-13-7-3-2-4-8-13)20-17(24)19-14(16(22)23)9-5-6-10-18/h13-15H,2-11,18H2,1H3,(H,22,23)(H2,19,20,24)/t14-,15+/m0/s1. The van der Waals surface area contributed by atoms with Gasteiger partial charge in [0.1, 0.15) is 6.04 Å². The Morgan fingerprint density at radius 2 is 1.71 bits per heavy atom. The lowest BCUT2D eigenvalue weighted by Crippen LogP contribution is -2.51. The Hall–Kier alpha value is -1.63. The molecule has 2 amide bonds. The molecule has 1 fully saturated rings. The molecule has 0 aromatic heterocycles. The average molecular weight is 341 g/mol. The van der Waals surface area contributed by atoms with Crippen molar-refractivity contribution in [1.29, 1.82) is 0 Å². The first-order valence-corrected chi connectivity index (χ1v) is 8.94. The number of hydrogen-bond acceptors (Lipinski definition) is 4. The number of hydrogen-bond donors (Lipinski definition) is 4. The van der Waals surface area contributed by atoms with Crippen LogP contribution >= 0.6 is 0 Å². The predicted molar refractivity (Wildman–Crippen MR) is 91.7 cm³/mol. The number of amides is 2. The van der Waals surface area contributed by atoms with E-state index in [1.807, 2.05) is 0 Å². The lowest BCUT2D eigenvalue weighted by Gasteiger charge is -2.26. The fourth-order valence-corrected chi connectivity index (χ4v) is 3.19. The van der Waals surface area contributed by atoms with E-state index in [1.165, 1.54) is 26.2 Å². The molecule has 2 atom stereocenters. The number of carbonyl (C=O) groups is 3. The van der Waals surface area contributed by atoms with Gasteiger partial charge in [-0.25, -0.2) is 9.59 Å². The number of rotatable bonds is 10. The second kappa shape index (κ2) is 11.0. The van der Waals surface area contributed by atoms with Crippen molar-refractivity contribution in [1.82, 2.24) is 10.6 Å². The largest absolute Gasteiger partial charge is 0.480 e. The van der Waals surface area contributed by atoms with E-state index in [1.54, 1.807) is 0 Å². The van der Waals surface area contributed by atoms with Crippen LogP contribution in [0.1, 0.15) is 64.7 Å². The van der Waals surface area contributed by atoms with Crippen molar-refractivity contribution in [2.24, 2.45) is 11.7 Å². The maximum atomic E-state index is 12.1. The topological polar surface area (TPSA) is 122 Å². The molecule has 1 rings (SSSR count). The number of unbranched alkanes of at least 4 members (excludes halogenated alkanes) is 1. The summed E-state index contributed by atoms with van der Waals surface area (Å²) in [6.45, 7) is 1.95. The molecular formula is C17H31N3O4. The number of nitrogens with two attached hydrogens (primary N) is 1. The van der Waals surface area contributed by atoms with Crippen LogP contribution in [0, 0.1) is 5.92 Å². The number of aliphatic carboxylic acids is 1. The number of carbonyl (C=O) groups excluding carboxylic acids is 2. The van der Waals surface area contributed by atoms with Crippen LogP contribution in [-0.2, 0) is 9.59 Å². The van der Waals surface area contributed by atoms with E-state index in [0.29, 0.717) is 38.1 Å². The highest BCUT2D eigenvalue weighted by Gasteiger charge is 2.25. The van der Waals surface area contributed by atoms with E-state index in [-0.39, 0.29) is 5.78 Å². The Labute approximate surface area is 143 Å². The molecule has 5 N–H and O–H groups in total. The molecule has 0 bridgehead atoms. The van der Waals surface area contributed by atoms with E-state index in [2.05, 4.69) is 10.6 Å². The third-order valence-electron chi connectivity index (χ3n) is 4.64. The number of carboxylic acids is 1. The molecule has 0 unspecified atom stereocenters. The summed E-state index contributed by atoms with van der Waals surface area (Å²) in [6, 6.07) is -2.10. The van der Waals surface area contributed by atoms with Gasteiger partial charge in [-0.3, -0.25) is 4.79 Å². The number of urea groups is 1. The number of nitrogens with one attached hydrogen (secondary N) is 2. The van der Waals surface area contributed by atoms with Crippen LogP contribution < -0.4 is 16.4 Å². The summed E-state index contributed by atoms with van der Waals surface area (Å²) in [5.74, 6) is -0.715. The Kier molecular flexibility index (Phi) is 9.37. The van der Waals surface area contributed by atoms with Crippen LogP contribution in [0.5, 0.6) is 0 Å². The van der Waals surface area contributed by atoms with Gasteiger partial charge in [0.25, 0.3) is 0 Å². The van der Waals surface area contributed by atoms with Crippen molar-refractivity contribution >= 4 is 17.8 Å². The molecule has 0 radical (unpaired) electrons. The van der Waals surface area contributed by atoms with Gasteiger partial charge in [0.05, 0.1) is 6.04 Å². The second-order valence-electron chi connectivity index (χ2n) is 6.70. The smallest absolute Gasteiger partial charge is 0.326 e. The van der Waals surface area contributed by atoms with Crippen LogP contribution in [0.2, 0.25) is 0 Å². The first-order chi connectivity index (χ1) is 11.4. The van der Waals surface area contributed by atoms with Crippen molar-refractivity contribution in [2.75, 3.05) is 6.54 Å². The van der Waals surface area contributed by atoms with Gasteiger partial charge in [0.2, 0.25) is 0 Å². The molecule has 0 aromatic carbocycles. The highest BCUT2D eigenvalue weighted by molar-refractivity contribution is 5.88. The molecule has 1 saturated carbocycles. The Balaban J connectivity index is 2.50. The van der Waals surface area contributed by atoms with Gasteiger partial charge in [-0.05, 0) is 45.1 Å². The quantitative estimate of drug-likeness (QED) is 0.451. The number of Topliss-reactive ketones (excluding diaryl/α,β-unsaturated/α-hetero) is 1. The van der Waals surface area contributed by atoms with Crippen molar-refractivity contribution < 1.29 is 19.5 Å². The molecule has 0 saturated heterocycles. The SMILES string of the molecule is CC(=O)[C@@H](CC1CCCCC1)NC(=O)N[C@@H](CCCCN)C(=O)O. The summed E-state index contributed by atoms with van der Waals surface area (Å²) in [4.78, 5) is 35.1. The van der Waals surface area contributed by atoms with Crippen LogP contribution in [0.25, 0.3) is 0 Å². The third kappa shape index (κ3) is 7.77. The zero-order chi connectivity index (χ0) is 17.9. The molecule has 24 heavy (non-hydrogen) atoms. The van der Waals surface area contributed by atoms with Gasteiger partial charge in [0, 0.05) is 0 Å². The molecule has 1 aliphatic rings. The zero-order valence-electron chi connectivity index (χ0n) is 14.6. The van der Waals surface area contributed by atoms with Crippen LogP contribution in [0.15, 0.2) is 0 Å². The zero-order valence-corrected chi connectivity index (χ0v) is 14.6. The van der Waals surface area contributed by atoms with Crippen molar-refractivity contribution in [3.63, 3.8) is 0 Å². The van der Waals surface area contributed by atoms with E-state index < -0.39 is 24.1 Å². The summed E-state index contributed by atoms with van der Waals surface area (Å²) in [7, 11) is 0. The van der Waals surface area contributed by atoms with E-state index >= 15 is 0 Å². The maximum Gasteiger partial charge on any atom is 0.326 e. The molecular weight excluding hydrogens is 310 g/mol. The average Bonchev–Trinajstić information content (AvgIpc) is 2.54. The molecule has 1 aliphatic carbocycles. The van der Waals surface area contributed by atoms with Gasteiger partial charge in [-0.15, -0.1) is 0 Å². The van der Waals surface area contributed by atoms with Crippen LogP contribution in [-0.4, -0.2) is 41.5 Å².